The average molecular weight is 287 g/mol. The van der Waals surface area contributed by atoms with Crippen molar-refractivity contribution in [3.8, 4) is 0 Å². The molecule has 1 aliphatic heterocycles. The van der Waals surface area contributed by atoms with E-state index in [-0.39, 0.29) is 13.0 Å². The van der Waals surface area contributed by atoms with Crippen LogP contribution < -0.4 is 0 Å². The summed E-state index contributed by atoms with van der Waals surface area (Å²) in [5.41, 5.74) is 0.820. The van der Waals surface area contributed by atoms with Crippen molar-refractivity contribution < 1.29 is 27.5 Å². The van der Waals surface area contributed by atoms with Crippen LogP contribution in [0.15, 0.2) is 30.3 Å². The van der Waals surface area contributed by atoms with Crippen molar-refractivity contribution in [3.05, 3.63) is 35.9 Å². The molecule has 1 fully saturated rings. The Balaban J connectivity index is 2.09. The Morgan fingerprint density at radius 3 is 2.55 bits per heavy atom. The number of benzene rings is 1. The number of nitrogens with zero attached hydrogens (tertiary/aromatic N) is 1. The molecule has 7 heteroatoms. The van der Waals surface area contributed by atoms with Crippen LogP contribution in [0, 0.1) is 0 Å². The number of imide groups is 1. The van der Waals surface area contributed by atoms with Gasteiger partial charge in [-0.1, -0.05) is 30.3 Å². The normalized spacial score (nSPS) is 19.1. The average Bonchev–Trinajstić information content (AvgIpc) is 2.69. The van der Waals surface area contributed by atoms with Crippen LogP contribution in [0.3, 0.4) is 0 Å². The quantitative estimate of drug-likeness (QED) is 0.858. The molecule has 0 saturated carbocycles. The number of carbonyl (C=O) groups is 2. The summed E-state index contributed by atoms with van der Waals surface area (Å²) in [4.78, 5) is 23.6. The number of carbonyl (C=O) groups excluding carboxylic acids is 2. The molecule has 2 rings (SSSR count). The molecule has 0 aliphatic carbocycles. The first-order valence-corrected chi connectivity index (χ1v) is 5.96. The first-order valence-electron chi connectivity index (χ1n) is 5.96. The van der Waals surface area contributed by atoms with Crippen molar-refractivity contribution >= 4 is 12.0 Å². The van der Waals surface area contributed by atoms with Crippen molar-refractivity contribution in [2.45, 2.75) is 25.1 Å². The zero-order chi connectivity index (χ0) is 14.8. The lowest BCUT2D eigenvalue weighted by atomic mass is 10.1. The SMILES string of the molecule is O=C(CC(F)(F)F)N1C(=O)OC[C@@H]1Cc1ccccc1. The van der Waals surface area contributed by atoms with Gasteiger partial charge in [0.1, 0.15) is 13.0 Å². The number of ether oxygens (including phenoxy) is 1. The van der Waals surface area contributed by atoms with Crippen LogP contribution in [0.25, 0.3) is 0 Å². The third-order valence-electron chi connectivity index (χ3n) is 2.90. The van der Waals surface area contributed by atoms with Crippen LogP contribution in [0.2, 0.25) is 0 Å². The highest BCUT2D eigenvalue weighted by molar-refractivity contribution is 5.93. The molecule has 0 N–H and O–H groups in total. The van der Waals surface area contributed by atoms with Gasteiger partial charge in [-0.2, -0.15) is 13.2 Å². The van der Waals surface area contributed by atoms with Crippen molar-refractivity contribution in [2.24, 2.45) is 0 Å². The fourth-order valence-electron chi connectivity index (χ4n) is 2.06. The fourth-order valence-corrected chi connectivity index (χ4v) is 2.06. The highest BCUT2D eigenvalue weighted by Gasteiger charge is 2.42. The Bertz CT molecular complexity index is 501. The molecule has 20 heavy (non-hydrogen) atoms. The van der Waals surface area contributed by atoms with Gasteiger partial charge in [0.05, 0.1) is 6.04 Å². The summed E-state index contributed by atoms with van der Waals surface area (Å²) < 4.78 is 41.4. The number of hydrogen-bond donors (Lipinski definition) is 0. The molecule has 4 nitrogen and oxygen atoms in total. The Morgan fingerprint density at radius 2 is 1.95 bits per heavy atom. The molecule has 0 radical (unpaired) electrons. The Kier molecular flexibility index (Phi) is 3.96. The molecule has 1 aliphatic rings. The molecular formula is C13H12F3NO3. The van der Waals surface area contributed by atoms with Gasteiger partial charge in [-0.25, -0.2) is 9.69 Å². The van der Waals surface area contributed by atoms with Crippen molar-refractivity contribution in [2.75, 3.05) is 6.61 Å². The molecule has 1 atom stereocenters. The van der Waals surface area contributed by atoms with Crippen molar-refractivity contribution in [1.29, 1.82) is 0 Å². The van der Waals surface area contributed by atoms with Crippen molar-refractivity contribution in [1.82, 2.24) is 4.90 Å². The van der Waals surface area contributed by atoms with E-state index in [0.717, 1.165) is 5.56 Å². The summed E-state index contributed by atoms with van der Waals surface area (Å²) in [6.07, 6.45) is -7.04. The van der Waals surface area contributed by atoms with Gasteiger partial charge in [0.15, 0.2) is 0 Å². The van der Waals surface area contributed by atoms with Gasteiger partial charge in [0.25, 0.3) is 0 Å². The van der Waals surface area contributed by atoms with Gasteiger partial charge >= 0.3 is 12.3 Å². The van der Waals surface area contributed by atoms with E-state index >= 15 is 0 Å². The first-order chi connectivity index (χ1) is 9.37. The van der Waals surface area contributed by atoms with E-state index in [1.807, 2.05) is 0 Å². The highest BCUT2D eigenvalue weighted by atomic mass is 19.4. The van der Waals surface area contributed by atoms with E-state index in [0.29, 0.717) is 4.90 Å². The maximum absolute atomic E-state index is 12.2. The minimum atomic E-state index is -4.64. The summed E-state index contributed by atoms with van der Waals surface area (Å²) in [7, 11) is 0. The molecule has 0 unspecified atom stereocenters. The number of cyclic esters (lactones) is 1. The minimum Gasteiger partial charge on any atom is -0.447 e. The zero-order valence-electron chi connectivity index (χ0n) is 10.4. The summed E-state index contributed by atoms with van der Waals surface area (Å²) in [5.74, 6) is -1.28. The molecule has 1 saturated heterocycles. The van der Waals surface area contributed by atoms with Crippen LogP contribution in [-0.2, 0) is 16.0 Å². The second-order valence-corrected chi connectivity index (χ2v) is 4.48. The molecule has 2 amide bonds. The molecule has 0 aromatic heterocycles. The number of rotatable bonds is 3. The monoisotopic (exact) mass is 287 g/mol. The molecule has 1 aromatic carbocycles. The molecule has 0 bridgehead atoms. The Labute approximate surface area is 113 Å². The predicted octanol–water partition coefficient (Wildman–Crippen LogP) is 2.53. The number of amides is 2. The largest absolute Gasteiger partial charge is 0.447 e. The van der Waals surface area contributed by atoms with E-state index in [1.54, 1.807) is 30.3 Å². The van der Waals surface area contributed by atoms with E-state index < -0.39 is 30.6 Å². The van der Waals surface area contributed by atoms with Crippen molar-refractivity contribution in [3.63, 3.8) is 0 Å². The summed E-state index contributed by atoms with van der Waals surface area (Å²) in [5, 5.41) is 0. The molecule has 0 spiro atoms. The van der Waals surface area contributed by atoms with E-state index in [9.17, 15) is 22.8 Å². The van der Waals surface area contributed by atoms with Gasteiger partial charge in [-0.15, -0.1) is 0 Å². The predicted molar refractivity (Wildman–Crippen MR) is 62.8 cm³/mol. The smallest absolute Gasteiger partial charge is 0.416 e. The Hall–Kier alpha value is -2.05. The summed E-state index contributed by atoms with van der Waals surface area (Å²) in [6, 6.07) is 8.19. The van der Waals surface area contributed by atoms with Gasteiger partial charge in [-0.05, 0) is 12.0 Å². The topological polar surface area (TPSA) is 46.6 Å². The van der Waals surface area contributed by atoms with E-state index in [1.165, 1.54) is 0 Å². The standard InChI is InChI=1S/C13H12F3NO3/c14-13(15,16)7-11(18)17-10(8-20-12(17)19)6-9-4-2-1-3-5-9/h1-5,10H,6-8H2/t10-/m0/s1. The van der Waals surface area contributed by atoms with Gasteiger partial charge < -0.3 is 4.74 Å². The highest BCUT2D eigenvalue weighted by Crippen LogP contribution is 2.24. The zero-order valence-corrected chi connectivity index (χ0v) is 10.4. The third kappa shape index (κ3) is 3.49. The third-order valence-corrected chi connectivity index (χ3v) is 2.90. The molecule has 1 heterocycles. The maximum atomic E-state index is 12.2. The van der Waals surface area contributed by atoms with E-state index in [2.05, 4.69) is 4.74 Å². The fraction of sp³-hybridized carbons (Fsp3) is 0.385. The lowest BCUT2D eigenvalue weighted by Crippen LogP contribution is -2.42. The maximum Gasteiger partial charge on any atom is 0.416 e. The van der Waals surface area contributed by atoms with Gasteiger partial charge in [0, 0.05) is 0 Å². The lowest BCUT2D eigenvalue weighted by molar-refractivity contribution is -0.159. The number of halogens is 3. The van der Waals surface area contributed by atoms with Gasteiger partial charge in [0.2, 0.25) is 5.91 Å². The van der Waals surface area contributed by atoms with Gasteiger partial charge in [-0.3, -0.25) is 4.79 Å². The lowest BCUT2D eigenvalue weighted by Gasteiger charge is -2.20. The number of alkyl halides is 3. The molecule has 1 aromatic rings. The first kappa shape index (κ1) is 14.4. The summed E-state index contributed by atoms with van der Waals surface area (Å²) in [6.45, 7) is -0.0860. The molecular weight excluding hydrogens is 275 g/mol. The summed E-state index contributed by atoms with van der Waals surface area (Å²) >= 11 is 0. The van der Waals surface area contributed by atoms with Crippen LogP contribution in [0.5, 0.6) is 0 Å². The van der Waals surface area contributed by atoms with Crippen LogP contribution in [0.4, 0.5) is 18.0 Å². The minimum absolute atomic E-state index is 0.0860. The molecule has 108 valence electrons. The van der Waals surface area contributed by atoms with Crippen LogP contribution in [0.1, 0.15) is 12.0 Å². The Morgan fingerprint density at radius 1 is 1.30 bits per heavy atom. The second kappa shape index (κ2) is 5.52. The number of hydrogen-bond acceptors (Lipinski definition) is 3. The van der Waals surface area contributed by atoms with Crippen LogP contribution in [-0.4, -0.2) is 35.7 Å². The second-order valence-electron chi connectivity index (χ2n) is 4.48. The van der Waals surface area contributed by atoms with Crippen LogP contribution >= 0.6 is 0 Å². The van der Waals surface area contributed by atoms with E-state index in [4.69, 9.17) is 0 Å².